The maximum atomic E-state index is 11.8. The predicted octanol–water partition coefficient (Wildman–Crippen LogP) is -0.638. The van der Waals surface area contributed by atoms with E-state index in [0.29, 0.717) is 5.75 Å². The minimum absolute atomic E-state index is 0.265. The molecule has 1 aromatic rings. The Morgan fingerprint density at radius 2 is 1.62 bits per heavy atom. The van der Waals surface area contributed by atoms with E-state index in [2.05, 4.69) is 0 Å². The first-order valence-electron chi connectivity index (χ1n) is 6.36. The molecule has 7 heteroatoms. The van der Waals surface area contributed by atoms with E-state index in [1.807, 2.05) is 0 Å². The molecular formula is C14H18N2O5. The first-order chi connectivity index (χ1) is 9.93. The predicted molar refractivity (Wildman–Crippen MR) is 74.1 cm³/mol. The zero-order valence-corrected chi connectivity index (χ0v) is 11.4. The van der Waals surface area contributed by atoms with Crippen molar-refractivity contribution in [1.82, 2.24) is 0 Å². The summed E-state index contributed by atoms with van der Waals surface area (Å²) in [5.74, 6) is -2.65. The summed E-state index contributed by atoms with van der Waals surface area (Å²) in [6, 6.07) is 8.48. The standard InChI is InChI=1S/C14H18N2O5/c15-13(19)6-10(11(18)8-17)12(7-14(16)20)21-9-4-2-1-3-5-9/h1-5,10,12,17H,6-8H2,(H2,15,19)(H2,16,20)/t10-,12+/m0/s1. The number of ketones is 1. The molecule has 2 atom stereocenters. The summed E-state index contributed by atoms with van der Waals surface area (Å²) < 4.78 is 5.57. The molecule has 5 N–H and O–H groups in total. The number of primary amides is 2. The van der Waals surface area contributed by atoms with Crippen molar-refractivity contribution in [3.63, 3.8) is 0 Å². The Balaban J connectivity index is 2.98. The van der Waals surface area contributed by atoms with Crippen molar-refractivity contribution in [1.29, 1.82) is 0 Å². The topological polar surface area (TPSA) is 133 Å². The van der Waals surface area contributed by atoms with E-state index in [4.69, 9.17) is 21.3 Å². The molecular weight excluding hydrogens is 276 g/mol. The molecule has 1 aromatic carbocycles. The highest BCUT2D eigenvalue weighted by molar-refractivity contribution is 5.88. The van der Waals surface area contributed by atoms with E-state index in [1.165, 1.54) is 0 Å². The molecule has 0 heterocycles. The average Bonchev–Trinajstić information content (AvgIpc) is 2.43. The molecule has 0 aliphatic rings. The number of carbonyl (C=O) groups is 3. The summed E-state index contributed by atoms with van der Waals surface area (Å²) in [5.41, 5.74) is 10.3. The molecule has 0 radical (unpaired) electrons. The van der Waals surface area contributed by atoms with Gasteiger partial charge >= 0.3 is 0 Å². The molecule has 21 heavy (non-hydrogen) atoms. The van der Waals surface area contributed by atoms with Gasteiger partial charge in [-0.15, -0.1) is 0 Å². The maximum absolute atomic E-state index is 11.8. The maximum Gasteiger partial charge on any atom is 0.221 e. The van der Waals surface area contributed by atoms with E-state index in [9.17, 15) is 14.4 Å². The van der Waals surface area contributed by atoms with Crippen LogP contribution in [0.2, 0.25) is 0 Å². The number of nitrogens with two attached hydrogens (primary N) is 2. The Morgan fingerprint density at radius 1 is 1.05 bits per heavy atom. The third-order valence-corrected chi connectivity index (χ3v) is 2.87. The summed E-state index contributed by atoms with van der Waals surface area (Å²) in [5, 5.41) is 8.99. The molecule has 0 unspecified atom stereocenters. The van der Waals surface area contributed by atoms with E-state index < -0.39 is 36.2 Å². The third-order valence-electron chi connectivity index (χ3n) is 2.87. The molecule has 0 aliphatic heterocycles. The number of rotatable bonds is 9. The van der Waals surface area contributed by atoms with E-state index in [-0.39, 0.29) is 12.8 Å². The van der Waals surface area contributed by atoms with Crippen LogP contribution in [0.4, 0.5) is 0 Å². The number of Topliss-reactive ketones (excluding diaryl/α,β-unsaturated/α-hetero) is 1. The first-order valence-corrected chi connectivity index (χ1v) is 6.36. The Hall–Kier alpha value is -2.41. The van der Waals surface area contributed by atoms with Crippen molar-refractivity contribution in [3.05, 3.63) is 30.3 Å². The van der Waals surface area contributed by atoms with Crippen LogP contribution in [0.5, 0.6) is 5.75 Å². The van der Waals surface area contributed by atoms with Crippen molar-refractivity contribution in [3.8, 4) is 5.75 Å². The smallest absolute Gasteiger partial charge is 0.221 e. The lowest BCUT2D eigenvalue weighted by Gasteiger charge is -2.25. The fourth-order valence-corrected chi connectivity index (χ4v) is 1.92. The van der Waals surface area contributed by atoms with E-state index in [0.717, 1.165) is 0 Å². The monoisotopic (exact) mass is 294 g/mol. The summed E-state index contributed by atoms with van der Waals surface area (Å²) in [6.07, 6.45) is -1.56. The minimum atomic E-state index is -1.03. The van der Waals surface area contributed by atoms with Gasteiger partial charge in [0.2, 0.25) is 11.8 Å². The summed E-state index contributed by atoms with van der Waals surface area (Å²) >= 11 is 0. The zero-order chi connectivity index (χ0) is 15.8. The normalized spacial score (nSPS) is 13.2. The van der Waals surface area contributed by atoms with Crippen molar-refractivity contribution < 1.29 is 24.2 Å². The number of aliphatic hydroxyl groups excluding tert-OH is 1. The van der Waals surface area contributed by atoms with Crippen molar-refractivity contribution in [2.75, 3.05) is 6.61 Å². The molecule has 114 valence electrons. The Labute approximate surface area is 121 Å². The van der Waals surface area contributed by atoms with Gasteiger partial charge in [-0.2, -0.15) is 0 Å². The van der Waals surface area contributed by atoms with Gasteiger partial charge in [0.1, 0.15) is 18.5 Å². The lowest BCUT2D eigenvalue weighted by Crippen LogP contribution is -2.40. The van der Waals surface area contributed by atoms with E-state index >= 15 is 0 Å². The lowest BCUT2D eigenvalue weighted by atomic mass is 9.91. The quantitative estimate of drug-likeness (QED) is 0.557. The van der Waals surface area contributed by atoms with Gasteiger partial charge in [-0.05, 0) is 12.1 Å². The first kappa shape index (κ1) is 16.6. The molecule has 7 nitrogen and oxygen atoms in total. The van der Waals surface area contributed by atoms with Crippen molar-refractivity contribution >= 4 is 17.6 Å². The fourth-order valence-electron chi connectivity index (χ4n) is 1.92. The van der Waals surface area contributed by atoms with Crippen LogP contribution in [0, 0.1) is 5.92 Å². The Kier molecular flexibility index (Phi) is 6.35. The average molecular weight is 294 g/mol. The number of hydrogen-bond donors (Lipinski definition) is 3. The lowest BCUT2D eigenvalue weighted by molar-refractivity contribution is -0.134. The third kappa shape index (κ3) is 5.62. The second-order valence-corrected chi connectivity index (χ2v) is 4.54. The number of para-hydroxylation sites is 1. The van der Waals surface area contributed by atoms with Gasteiger partial charge < -0.3 is 21.3 Å². The largest absolute Gasteiger partial charge is 0.489 e. The second-order valence-electron chi connectivity index (χ2n) is 4.54. The molecule has 0 fully saturated rings. The highest BCUT2D eigenvalue weighted by Crippen LogP contribution is 2.21. The number of amides is 2. The highest BCUT2D eigenvalue weighted by atomic mass is 16.5. The Morgan fingerprint density at radius 3 is 2.10 bits per heavy atom. The SMILES string of the molecule is NC(=O)C[C@@H](Oc1ccccc1)[C@@H](CC(N)=O)C(=O)CO. The highest BCUT2D eigenvalue weighted by Gasteiger charge is 2.32. The molecule has 0 aliphatic carbocycles. The van der Waals surface area contributed by atoms with Crippen LogP contribution >= 0.6 is 0 Å². The van der Waals surface area contributed by atoms with Gasteiger partial charge in [-0.1, -0.05) is 18.2 Å². The van der Waals surface area contributed by atoms with Crippen LogP contribution in [0.3, 0.4) is 0 Å². The van der Waals surface area contributed by atoms with Crippen LogP contribution < -0.4 is 16.2 Å². The number of carbonyl (C=O) groups excluding carboxylic acids is 3. The van der Waals surface area contributed by atoms with Crippen LogP contribution in [0.1, 0.15) is 12.8 Å². The molecule has 0 saturated heterocycles. The van der Waals surface area contributed by atoms with Gasteiger partial charge in [0.25, 0.3) is 0 Å². The molecule has 0 aromatic heterocycles. The van der Waals surface area contributed by atoms with Crippen LogP contribution in [-0.4, -0.2) is 35.4 Å². The summed E-state index contributed by atoms with van der Waals surface area (Å²) in [6.45, 7) is -0.772. The Bertz CT molecular complexity index is 503. The van der Waals surface area contributed by atoms with Gasteiger partial charge in [0, 0.05) is 6.42 Å². The molecule has 2 amide bonds. The molecule has 0 spiro atoms. The second kappa shape index (κ2) is 8.01. The zero-order valence-electron chi connectivity index (χ0n) is 11.4. The number of hydrogen-bond acceptors (Lipinski definition) is 5. The van der Waals surface area contributed by atoms with Crippen LogP contribution in [0.15, 0.2) is 30.3 Å². The van der Waals surface area contributed by atoms with Gasteiger partial charge in [0.15, 0.2) is 5.78 Å². The van der Waals surface area contributed by atoms with Gasteiger partial charge in [0.05, 0.1) is 12.3 Å². The van der Waals surface area contributed by atoms with Crippen molar-refractivity contribution in [2.45, 2.75) is 18.9 Å². The molecule has 0 saturated carbocycles. The minimum Gasteiger partial charge on any atom is -0.489 e. The fraction of sp³-hybridized carbons (Fsp3) is 0.357. The van der Waals surface area contributed by atoms with E-state index in [1.54, 1.807) is 30.3 Å². The van der Waals surface area contributed by atoms with Crippen molar-refractivity contribution in [2.24, 2.45) is 17.4 Å². The number of aliphatic hydroxyl groups is 1. The van der Waals surface area contributed by atoms with Crippen LogP contribution in [0.25, 0.3) is 0 Å². The number of ether oxygens (including phenoxy) is 1. The van der Waals surface area contributed by atoms with Gasteiger partial charge in [-0.3, -0.25) is 14.4 Å². The summed E-state index contributed by atoms with van der Waals surface area (Å²) in [4.78, 5) is 34.0. The van der Waals surface area contributed by atoms with Gasteiger partial charge in [-0.25, -0.2) is 0 Å². The van der Waals surface area contributed by atoms with Crippen LogP contribution in [-0.2, 0) is 14.4 Å². The molecule has 1 rings (SSSR count). The number of benzene rings is 1. The molecule has 0 bridgehead atoms. The summed E-state index contributed by atoms with van der Waals surface area (Å²) in [7, 11) is 0.